The van der Waals surface area contributed by atoms with Crippen LogP contribution >= 0.6 is 0 Å². The van der Waals surface area contributed by atoms with Crippen LogP contribution < -0.4 is 14.4 Å². The zero-order valence-corrected chi connectivity index (χ0v) is 18.8. The fourth-order valence-electron chi connectivity index (χ4n) is 4.29. The van der Waals surface area contributed by atoms with E-state index in [2.05, 4.69) is 24.5 Å². The molecule has 33 heavy (non-hydrogen) atoms. The number of carbonyl (C=O) groups is 1. The summed E-state index contributed by atoms with van der Waals surface area (Å²) in [4.78, 5) is 26.5. The number of aromatic nitrogens is 3. The Hall–Kier alpha value is -2.96. The van der Waals surface area contributed by atoms with Crippen molar-refractivity contribution in [3.8, 4) is 5.88 Å². The van der Waals surface area contributed by atoms with Crippen molar-refractivity contribution in [2.24, 2.45) is 11.8 Å². The van der Waals surface area contributed by atoms with E-state index < -0.39 is 27.5 Å². The number of anilines is 2. The van der Waals surface area contributed by atoms with E-state index in [1.165, 1.54) is 18.0 Å². The topological polar surface area (TPSA) is 114 Å². The van der Waals surface area contributed by atoms with Gasteiger partial charge in [-0.25, -0.2) is 15.0 Å². The number of amides is 1. The molecular weight excluding hydrogens is 463 g/mol. The van der Waals surface area contributed by atoms with Gasteiger partial charge in [-0.1, -0.05) is 6.92 Å². The predicted octanol–water partition coefficient (Wildman–Crippen LogP) is 3.34. The molecule has 2 aliphatic rings. The number of hydrogen-bond donors (Lipinski definition) is 1. The summed E-state index contributed by atoms with van der Waals surface area (Å²) in [6.07, 6.45) is 4.62. The van der Waals surface area contributed by atoms with Crippen molar-refractivity contribution >= 4 is 27.7 Å². The fourth-order valence-corrected chi connectivity index (χ4v) is 4.70. The Balaban J connectivity index is 1.80. The van der Waals surface area contributed by atoms with E-state index in [4.69, 9.17) is 0 Å². The molecule has 0 saturated heterocycles. The molecule has 1 N–H and O–H groups in total. The maximum Gasteiger partial charge on any atom is 0.534 e. The van der Waals surface area contributed by atoms with Gasteiger partial charge in [0.1, 0.15) is 0 Å². The molecule has 3 heterocycles. The molecule has 13 heteroatoms. The summed E-state index contributed by atoms with van der Waals surface area (Å²) in [5, 5.41) is 3.25. The number of aryl methyl sites for hydroxylation is 1. The third-order valence-corrected chi connectivity index (χ3v) is 6.80. The SMILES string of the molecule is CC(=O)N1c2cc(OS(=O)(=O)C(F)(F)F)ncc2C(Nc2nccc(C)n2)[C@@H](C)[C@@H]1C1CC1. The molecule has 0 spiro atoms. The number of nitrogens with one attached hydrogen (secondary N) is 1. The molecule has 1 aliphatic heterocycles. The van der Waals surface area contributed by atoms with Crippen LogP contribution in [0.4, 0.5) is 24.8 Å². The zero-order chi connectivity index (χ0) is 24.1. The normalized spacial score (nSPS) is 23.1. The van der Waals surface area contributed by atoms with Crippen LogP contribution in [0.2, 0.25) is 0 Å². The number of pyridine rings is 1. The monoisotopic (exact) mass is 485 g/mol. The first-order valence-corrected chi connectivity index (χ1v) is 11.7. The van der Waals surface area contributed by atoms with Crippen LogP contribution in [0.25, 0.3) is 0 Å². The average molecular weight is 485 g/mol. The van der Waals surface area contributed by atoms with E-state index >= 15 is 0 Å². The second-order valence-corrected chi connectivity index (χ2v) is 9.82. The Bertz CT molecular complexity index is 1190. The second kappa shape index (κ2) is 8.12. The maximum absolute atomic E-state index is 12.8. The number of fused-ring (bicyclic) bond motifs is 1. The van der Waals surface area contributed by atoms with Gasteiger partial charge in [0.2, 0.25) is 17.7 Å². The minimum atomic E-state index is -5.91. The fraction of sp³-hybridized carbons (Fsp3) is 0.500. The van der Waals surface area contributed by atoms with Crippen LogP contribution in [0.3, 0.4) is 0 Å². The predicted molar refractivity (Wildman–Crippen MR) is 112 cm³/mol. The number of nitrogens with zero attached hydrogens (tertiary/aromatic N) is 4. The highest BCUT2D eigenvalue weighted by Crippen LogP contribution is 2.50. The third kappa shape index (κ3) is 4.45. The molecule has 0 radical (unpaired) electrons. The number of alkyl halides is 3. The van der Waals surface area contributed by atoms with E-state index in [1.54, 1.807) is 12.3 Å². The smallest absolute Gasteiger partial charge is 0.355 e. The summed E-state index contributed by atoms with van der Waals surface area (Å²) in [6.45, 7) is 5.13. The standard InChI is InChI=1S/C20H22F3N5O4S/c1-10-6-7-24-19(26-10)27-17-11(2)18(13-4-5-13)28(12(3)29)15-8-16(25-9-14(15)17)32-33(30,31)20(21,22)23/h6-9,11,13,17-18H,4-5H2,1-3H3,(H,24,26,27)/t11-,17?,18-/m1/s1. The van der Waals surface area contributed by atoms with Gasteiger partial charge in [0.25, 0.3) is 0 Å². The first kappa shape index (κ1) is 23.2. The van der Waals surface area contributed by atoms with Gasteiger partial charge in [0, 0.05) is 48.6 Å². The summed E-state index contributed by atoms with van der Waals surface area (Å²) in [5.41, 5.74) is -4.14. The number of rotatable bonds is 5. The summed E-state index contributed by atoms with van der Waals surface area (Å²) >= 11 is 0. The minimum absolute atomic E-state index is 0.120. The lowest BCUT2D eigenvalue weighted by atomic mass is 9.80. The van der Waals surface area contributed by atoms with Gasteiger partial charge in [-0.05, 0) is 31.7 Å². The van der Waals surface area contributed by atoms with Crippen molar-refractivity contribution in [2.45, 2.75) is 51.2 Å². The van der Waals surface area contributed by atoms with Crippen molar-refractivity contribution in [1.82, 2.24) is 15.0 Å². The lowest BCUT2D eigenvalue weighted by molar-refractivity contribution is -0.117. The minimum Gasteiger partial charge on any atom is -0.355 e. The molecule has 9 nitrogen and oxygen atoms in total. The molecule has 1 aliphatic carbocycles. The van der Waals surface area contributed by atoms with E-state index in [9.17, 15) is 26.4 Å². The maximum atomic E-state index is 12.8. The van der Waals surface area contributed by atoms with Crippen LogP contribution in [0.1, 0.15) is 44.0 Å². The first-order chi connectivity index (χ1) is 15.4. The van der Waals surface area contributed by atoms with Crippen molar-refractivity contribution in [1.29, 1.82) is 0 Å². The molecule has 1 fully saturated rings. The molecule has 1 unspecified atom stereocenters. The van der Waals surface area contributed by atoms with E-state index in [0.29, 0.717) is 11.5 Å². The molecule has 0 bridgehead atoms. The van der Waals surface area contributed by atoms with Crippen LogP contribution in [-0.2, 0) is 14.9 Å². The van der Waals surface area contributed by atoms with E-state index in [1.807, 2.05) is 13.8 Å². The van der Waals surface area contributed by atoms with Gasteiger partial charge in [-0.2, -0.15) is 21.6 Å². The summed E-state index contributed by atoms with van der Waals surface area (Å²) < 4.78 is 65.6. The van der Waals surface area contributed by atoms with Crippen LogP contribution in [-0.4, -0.2) is 40.8 Å². The van der Waals surface area contributed by atoms with Crippen molar-refractivity contribution in [3.63, 3.8) is 0 Å². The molecule has 2 aromatic heterocycles. The first-order valence-electron chi connectivity index (χ1n) is 10.3. The molecule has 1 saturated carbocycles. The van der Waals surface area contributed by atoms with Gasteiger partial charge >= 0.3 is 15.6 Å². The number of carbonyl (C=O) groups excluding carboxylic acids is 1. The van der Waals surface area contributed by atoms with Gasteiger partial charge in [0.15, 0.2) is 0 Å². The lowest BCUT2D eigenvalue weighted by Crippen LogP contribution is -2.51. The molecule has 0 aromatic carbocycles. The van der Waals surface area contributed by atoms with E-state index in [-0.39, 0.29) is 29.5 Å². The lowest BCUT2D eigenvalue weighted by Gasteiger charge is -2.45. The second-order valence-electron chi connectivity index (χ2n) is 8.28. The summed E-state index contributed by atoms with van der Waals surface area (Å²) in [6, 6.07) is 2.11. The third-order valence-electron chi connectivity index (χ3n) is 5.85. The summed E-state index contributed by atoms with van der Waals surface area (Å²) in [7, 11) is -5.91. The Labute approximate surface area is 188 Å². The zero-order valence-electron chi connectivity index (χ0n) is 18.0. The number of hydrogen-bond acceptors (Lipinski definition) is 8. The quantitative estimate of drug-likeness (QED) is 0.507. The van der Waals surface area contributed by atoms with E-state index in [0.717, 1.165) is 24.6 Å². The largest absolute Gasteiger partial charge is 0.534 e. The molecular formula is C20H22F3N5O4S. The highest BCUT2D eigenvalue weighted by atomic mass is 32.2. The molecule has 3 atom stereocenters. The Kier molecular flexibility index (Phi) is 5.71. The Morgan fingerprint density at radius 1 is 1.27 bits per heavy atom. The van der Waals surface area contributed by atoms with Crippen LogP contribution in [0.5, 0.6) is 5.88 Å². The molecule has 178 valence electrons. The van der Waals surface area contributed by atoms with Crippen molar-refractivity contribution < 1.29 is 30.6 Å². The van der Waals surface area contributed by atoms with Crippen molar-refractivity contribution in [2.75, 3.05) is 10.2 Å². The highest BCUT2D eigenvalue weighted by Gasteiger charge is 2.50. The average Bonchev–Trinajstić information content (AvgIpc) is 3.53. The van der Waals surface area contributed by atoms with Crippen LogP contribution in [0.15, 0.2) is 24.5 Å². The van der Waals surface area contributed by atoms with Gasteiger partial charge in [0.05, 0.1) is 11.7 Å². The van der Waals surface area contributed by atoms with Crippen LogP contribution in [0, 0.1) is 18.8 Å². The molecule has 4 rings (SSSR count). The van der Waals surface area contributed by atoms with Gasteiger partial charge in [-0.15, -0.1) is 0 Å². The summed E-state index contributed by atoms with van der Waals surface area (Å²) in [5.74, 6) is -0.654. The van der Waals surface area contributed by atoms with Gasteiger partial charge in [-0.3, -0.25) is 4.79 Å². The number of halogens is 3. The molecule has 2 aromatic rings. The highest BCUT2D eigenvalue weighted by molar-refractivity contribution is 7.87. The van der Waals surface area contributed by atoms with Crippen molar-refractivity contribution in [3.05, 3.63) is 35.8 Å². The molecule has 1 amide bonds. The Morgan fingerprint density at radius 2 is 1.97 bits per heavy atom. The van der Waals surface area contributed by atoms with Gasteiger partial charge < -0.3 is 14.4 Å². The Morgan fingerprint density at radius 3 is 2.55 bits per heavy atom.